The van der Waals surface area contributed by atoms with E-state index in [2.05, 4.69) is 15.0 Å². The maximum Gasteiger partial charge on any atom is 0.226 e. The molecule has 25 heavy (non-hydrogen) atoms. The summed E-state index contributed by atoms with van der Waals surface area (Å²) < 4.78 is 11.0. The highest BCUT2D eigenvalue weighted by Gasteiger charge is 2.24. The Morgan fingerprint density at radius 2 is 2.28 bits per heavy atom. The monoisotopic (exact) mass is 340 g/mol. The van der Waals surface area contributed by atoms with Gasteiger partial charge in [-0.15, -0.1) is 0 Å². The number of hydrogen-bond acceptors (Lipinski definition) is 7. The van der Waals surface area contributed by atoms with Crippen LogP contribution in [0.1, 0.15) is 18.5 Å². The molecule has 1 aliphatic heterocycles. The Hall–Kier alpha value is -2.67. The molecule has 0 unspecified atom stereocenters. The van der Waals surface area contributed by atoms with Gasteiger partial charge in [-0.2, -0.15) is 0 Å². The maximum atomic E-state index is 9.45. The Bertz CT molecular complexity index is 844. The molecule has 0 spiro atoms. The predicted molar refractivity (Wildman–Crippen MR) is 92.0 cm³/mol. The molecule has 0 saturated carbocycles. The van der Waals surface area contributed by atoms with Crippen molar-refractivity contribution in [2.75, 3.05) is 24.6 Å². The maximum absolute atomic E-state index is 9.45. The van der Waals surface area contributed by atoms with Crippen LogP contribution in [0.15, 0.2) is 39.6 Å². The normalized spacial score (nSPS) is 17.8. The molecule has 1 saturated heterocycles. The van der Waals surface area contributed by atoms with Crippen molar-refractivity contribution in [3.8, 4) is 22.8 Å². The summed E-state index contributed by atoms with van der Waals surface area (Å²) >= 11 is 0. The van der Waals surface area contributed by atoms with Gasteiger partial charge in [0.1, 0.15) is 5.69 Å². The second-order valence-corrected chi connectivity index (χ2v) is 6.38. The number of nitrogens with zero attached hydrogens (tertiary/aromatic N) is 4. The minimum Gasteiger partial charge on any atom is -0.463 e. The Kier molecular flexibility index (Phi) is 4.23. The quantitative estimate of drug-likeness (QED) is 0.781. The van der Waals surface area contributed by atoms with E-state index in [1.807, 2.05) is 25.1 Å². The minimum atomic E-state index is 0.191. The van der Waals surface area contributed by atoms with Crippen LogP contribution in [-0.2, 0) is 0 Å². The summed E-state index contributed by atoms with van der Waals surface area (Å²) in [7, 11) is 0. The zero-order chi connectivity index (χ0) is 17.2. The first-order valence-electron chi connectivity index (χ1n) is 8.45. The Morgan fingerprint density at radius 3 is 3.00 bits per heavy atom. The molecule has 3 aromatic heterocycles. The van der Waals surface area contributed by atoms with Gasteiger partial charge in [0, 0.05) is 32.0 Å². The highest BCUT2D eigenvalue weighted by Crippen LogP contribution is 2.32. The number of aryl methyl sites for hydroxylation is 1. The number of furan rings is 1. The fourth-order valence-corrected chi connectivity index (χ4v) is 3.19. The molecule has 130 valence electrons. The standard InChI is InChI=1S/C18H20N4O3/c1-12-8-16(25-21-12)14-9-19-18(20-17(14)15-5-3-7-24-15)22-6-2-4-13(10-22)11-23/h3,5,7-9,13,23H,2,4,6,10-11H2,1H3/t13-/m0/s1. The van der Waals surface area contributed by atoms with Gasteiger partial charge < -0.3 is 18.9 Å². The van der Waals surface area contributed by atoms with E-state index in [1.54, 1.807) is 12.5 Å². The lowest BCUT2D eigenvalue weighted by molar-refractivity contribution is 0.208. The van der Waals surface area contributed by atoms with Crippen LogP contribution < -0.4 is 4.90 Å². The molecule has 7 heteroatoms. The van der Waals surface area contributed by atoms with Crippen molar-refractivity contribution < 1.29 is 14.0 Å². The van der Waals surface area contributed by atoms with Gasteiger partial charge >= 0.3 is 0 Å². The lowest BCUT2D eigenvalue weighted by Gasteiger charge is -2.32. The zero-order valence-electron chi connectivity index (χ0n) is 14.1. The molecule has 1 atom stereocenters. The van der Waals surface area contributed by atoms with Gasteiger partial charge in [-0.05, 0) is 37.8 Å². The molecular weight excluding hydrogens is 320 g/mol. The van der Waals surface area contributed by atoms with Gasteiger partial charge in [-0.1, -0.05) is 5.16 Å². The van der Waals surface area contributed by atoms with Crippen LogP contribution in [0.2, 0.25) is 0 Å². The summed E-state index contributed by atoms with van der Waals surface area (Å²) in [5, 5.41) is 13.4. The Balaban J connectivity index is 1.75. The van der Waals surface area contributed by atoms with Gasteiger partial charge in [-0.25, -0.2) is 9.97 Å². The summed E-state index contributed by atoms with van der Waals surface area (Å²) in [6, 6.07) is 5.55. The van der Waals surface area contributed by atoms with Gasteiger partial charge in [0.2, 0.25) is 5.95 Å². The van der Waals surface area contributed by atoms with E-state index >= 15 is 0 Å². The van der Waals surface area contributed by atoms with Gasteiger partial charge in [0.15, 0.2) is 11.5 Å². The summed E-state index contributed by atoms with van der Waals surface area (Å²) in [6.45, 7) is 3.71. The number of piperidine rings is 1. The van der Waals surface area contributed by atoms with Gasteiger partial charge in [0.05, 0.1) is 17.5 Å². The SMILES string of the molecule is Cc1cc(-c2cnc(N3CCC[C@H](CO)C3)nc2-c2ccco2)on1. The molecular formula is C18H20N4O3. The third-order valence-electron chi connectivity index (χ3n) is 4.48. The summed E-state index contributed by atoms with van der Waals surface area (Å²) in [5.74, 6) is 2.18. The topological polar surface area (TPSA) is 88.4 Å². The molecule has 4 rings (SSSR count). The van der Waals surface area contributed by atoms with E-state index in [1.165, 1.54) is 0 Å². The van der Waals surface area contributed by atoms with Crippen LogP contribution >= 0.6 is 0 Å². The Morgan fingerprint density at radius 1 is 1.36 bits per heavy atom. The fraction of sp³-hybridized carbons (Fsp3) is 0.389. The van der Waals surface area contributed by atoms with E-state index in [9.17, 15) is 5.11 Å². The second-order valence-electron chi connectivity index (χ2n) is 6.38. The number of hydrogen-bond donors (Lipinski definition) is 1. The fourth-order valence-electron chi connectivity index (χ4n) is 3.19. The Labute approximate surface area is 145 Å². The molecule has 1 N–H and O–H groups in total. The molecule has 1 aliphatic rings. The molecule has 3 aromatic rings. The molecule has 7 nitrogen and oxygen atoms in total. The average molecular weight is 340 g/mol. The van der Waals surface area contributed by atoms with Crippen LogP contribution in [0.5, 0.6) is 0 Å². The van der Waals surface area contributed by atoms with E-state index in [-0.39, 0.29) is 12.5 Å². The largest absolute Gasteiger partial charge is 0.463 e. The minimum absolute atomic E-state index is 0.191. The number of aliphatic hydroxyl groups excluding tert-OH is 1. The highest BCUT2D eigenvalue weighted by atomic mass is 16.5. The van der Waals surface area contributed by atoms with Crippen molar-refractivity contribution in [1.82, 2.24) is 15.1 Å². The van der Waals surface area contributed by atoms with Gasteiger partial charge in [-0.3, -0.25) is 0 Å². The zero-order valence-corrected chi connectivity index (χ0v) is 14.1. The molecule has 0 amide bonds. The first kappa shape index (κ1) is 15.8. The number of aliphatic hydroxyl groups is 1. The predicted octanol–water partition coefficient (Wildman–Crippen LogP) is 2.91. The van der Waals surface area contributed by atoms with Crippen LogP contribution in [0.25, 0.3) is 22.8 Å². The van der Waals surface area contributed by atoms with E-state index in [4.69, 9.17) is 13.9 Å². The lowest BCUT2D eigenvalue weighted by atomic mass is 9.99. The van der Waals surface area contributed by atoms with E-state index in [0.29, 0.717) is 23.2 Å². The van der Waals surface area contributed by atoms with Crippen molar-refractivity contribution in [1.29, 1.82) is 0 Å². The molecule has 0 aliphatic carbocycles. The summed E-state index contributed by atoms with van der Waals surface area (Å²) in [4.78, 5) is 11.4. The van der Waals surface area contributed by atoms with Crippen LogP contribution in [-0.4, -0.2) is 39.9 Å². The smallest absolute Gasteiger partial charge is 0.226 e. The van der Waals surface area contributed by atoms with Crippen LogP contribution in [0.3, 0.4) is 0 Å². The molecule has 4 heterocycles. The molecule has 1 fully saturated rings. The van der Waals surface area contributed by atoms with E-state index in [0.717, 1.165) is 37.2 Å². The first-order chi connectivity index (χ1) is 12.2. The first-order valence-corrected chi connectivity index (χ1v) is 8.45. The number of rotatable bonds is 4. The van der Waals surface area contributed by atoms with Crippen molar-refractivity contribution in [2.45, 2.75) is 19.8 Å². The molecule has 0 aromatic carbocycles. The van der Waals surface area contributed by atoms with Crippen molar-refractivity contribution in [3.63, 3.8) is 0 Å². The van der Waals surface area contributed by atoms with Crippen molar-refractivity contribution in [3.05, 3.63) is 36.4 Å². The lowest BCUT2D eigenvalue weighted by Crippen LogP contribution is -2.37. The summed E-state index contributed by atoms with van der Waals surface area (Å²) in [6.07, 6.45) is 5.43. The van der Waals surface area contributed by atoms with Crippen molar-refractivity contribution >= 4 is 5.95 Å². The molecule has 0 radical (unpaired) electrons. The second kappa shape index (κ2) is 6.68. The third kappa shape index (κ3) is 3.15. The van der Waals surface area contributed by atoms with Crippen molar-refractivity contribution in [2.24, 2.45) is 5.92 Å². The van der Waals surface area contributed by atoms with Gasteiger partial charge in [0.25, 0.3) is 0 Å². The number of anilines is 1. The third-order valence-corrected chi connectivity index (χ3v) is 4.48. The van der Waals surface area contributed by atoms with E-state index < -0.39 is 0 Å². The molecule has 0 bridgehead atoms. The van der Waals surface area contributed by atoms with Crippen LogP contribution in [0, 0.1) is 12.8 Å². The van der Waals surface area contributed by atoms with Crippen LogP contribution in [0.4, 0.5) is 5.95 Å². The highest BCUT2D eigenvalue weighted by molar-refractivity contribution is 5.75. The summed E-state index contributed by atoms with van der Waals surface area (Å²) in [5.41, 5.74) is 2.22. The number of aromatic nitrogens is 3. The average Bonchev–Trinajstić information content (AvgIpc) is 3.33.